The van der Waals surface area contributed by atoms with Crippen molar-refractivity contribution in [1.29, 1.82) is 0 Å². The molecule has 1 atom stereocenters. The molecule has 2 N–H and O–H groups in total. The third-order valence-corrected chi connectivity index (χ3v) is 6.43. The predicted molar refractivity (Wildman–Crippen MR) is 122 cm³/mol. The van der Waals surface area contributed by atoms with Gasteiger partial charge in [0.15, 0.2) is 0 Å². The van der Waals surface area contributed by atoms with Crippen molar-refractivity contribution < 1.29 is 14.4 Å². The smallest absolute Gasteiger partial charge is 0.254 e. The molecular weight excluding hydrogens is 437 g/mol. The number of nitrogens with one attached hydrogen (secondary N) is 2. The Morgan fingerprint density at radius 2 is 1.71 bits per heavy atom. The molecule has 162 valence electrons. The number of amides is 3. The minimum atomic E-state index is -0.578. The van der Waals surface area contributed by atoms with Crippen LogP contribution in [0.2, 0.25) is 10.0 Å². The fourth-order valence-corrected chi connectivity index (χ4v) is 4.02. The first-order valence-corrected chi connectivity index (χ1v) is 11.1. The van der Waals surface area contributed by atoms with Gasteiger partial charge in [-0.05, 0) is 68.5 Å². The molecule has 1 aliphatic heterocycles. The molecule has 4 rings (SSSR count). The molecule has 8 heteroatoms. The van der Waals surface area contributed by atoms with Crippen molar-refractivity contribution in [2.45, 2.75) is 38.6 Å². The summed E-state index contributed by atoms with van der Waals surface area (Å²) in [5.74, 6) is -0.396. The van der Waals surface area contributed by atoms with Crippen molar-refractivity contribution in [3.05, 3.63) is 57.6 Å². The van der Waals surface area contributed by atoms with Gasteiger partial charge in [0.1, 0.15) is 6.04 Å². The number of carbonyl (C=O) groups is 3. The van der Waals surface area contributed by atoms with Gasteiger partial charge in [0.05, 0.1) is 10.0 Å². The van der Waals surface area contributed by atoms with Crippen molar-refractivity contribution >= 4 is 52.3 Å². The van der Waals surface area contributed by atoms with Crippen LogP contribution in [0.5, 0.6) is 0 Å². The quantitative estimate of drug-likeness (QED) is 0.667. The lowest BCUT2D eigenvalue weighted by atomic mass is 10.1. The lowest BCUT2D eigenvalue weighted by molar-refractivity contribution is -0.119. The summed E-state index contributed by atoms with van der Waals surface area (Å²) in [5, 5.41) is 6.50. The third kappa shape index (κ3) is 4.86. The summed E-state index contributed by atoms with van der Waals surface area (Å²) >= 11 is 12.0. The molecule has 3 amide bonds. The van der Waals surface area contributed by atoms with E-state index in [0.29, 0.717) is 39.9 Å². The number of hydrogen-bond donors (Lipinski definition) is 2. The minimum absolute atomic E-state index is 0.00956. The second-order valence-corrected chi connectivity index (χ2v) is 8.88. The Morgan fingerprint density at radius 3 is 2.42 bits per heavy atom. The van der Waals surface area contributed by atoms with E-state index in [1.807, 2.05) is 19.1 Å². The van der Waals surface area contributed by atoms with Gasteiger partial charge in [-0.2, -0.15) is 0 Å². The van der Waals surface area contributed by atoms with E-state index in [1.54, 1.807) is 23.1 Å². The molecule has 2 fully saturated rings. The molecule has 0 radical (unpaired) electrons. The Labute approximate surface area is 190 Å². The van der Waals surface area contributed by atoms with Gasteiger partial charge in [0, 0.05) is 29.4 Å². The first kappa shape index (κ1) is 21.7. The summed E-state index contributed by atoms with van der Waals surface area (Å²) in [4.78, 5) is 39.6. The molecule has 2 aliphatic rings. The maximum Gasteiger partial charge on any atom is 0.254 e. The minimum Gasteiger partial charge on any atom is -0.327 e. The van der Waals surface area contributed by atoms with Crippen molar-refractivity contribution in [1.82, 2.24) is 4.90 Å². The number of benzene rings is 2. The van der Waals surface area contributed by atoms with E-state index in [2.05, 4.69) is 10.6 Å². The summed E-state index contributed by atoms with van der Waals surface area (Å²) in [5.41, 5.74) is 2.54. The van der Waals surface area contributed by atoms with Crippen LogP contribution >= 0.6 is 23.2 Å². The Kier molecular flexibility index (Phi) is 6.21. The fourth-order valence-electron chi connectivity index (χ4n) is 3.72. The fraction of sp³-hybridized carbons (Fsp3) is 0.348. The zero-order valence-electron chi connectivity index (χ0n) is 17.1. The highest BCUT2D eigenvalue weighted by atomic mass is 35.5. The normalized spacial score (nSPS) is 18.0. The van der Waals surface area contributed by atoms with Gasteiger partial charge < -0.3 is 15.5 Å². The number of nitrogens with zero attached hydrogens (tertiary/aromatic N) is 1. The number of carbonyl (C=O) groups excluding carboxylic acids is 3. The van der Waals surface area contributed by atoms with Crippen molar-refractivity contribution in [3.63, 3.8) is 0 Å². The summed E-state index contributed by atoms with van der Waals surface area (Å²) in [6.07, 6.45) is 3.16. The first-order chi connectivity index (χ1) is 14.8. The monoisotopic (exact) mass is 459 g/mol. The van der Waals surface area contributed by atoms with Crippen LogP contribution < -0.4 is 10.6 Å². The summed E-state index contributed by atoms with van der Waals surface area (Å²) in [6, 6.07) is 9.56. The molecule has 31 heavy (non-hydrogen) atoms. The summed E-state index contributed by atoms with van der Waals surface area (Å²) in [6.45, 7) is 2.38. The molecule has 1 aliphatic carbocycles. The molecule has 1 saturated carbocycles. The number of hydrogen-bond acceptors (Lipinski definition) is 3. The molecule has 6 nitrogen and oxygen atoms in total. The molecule has 1 heterocycles. The average molecular weight is 460 g/mol. The number of rotatable bonds is 5. The van der Waals surface area contributed by atoms with Gasteiger partial charge in [-0.1, -0.05) is 29.3 Å². The second kappa shape index (κ2) is 8.89. The highest BCUT2D eigenvalue weighted by Crippen LogP contribution is 2.31. The van der Waals surface area contributed by atoms with Crippen molar-refractivity contribution in [2.24, 2.45) is 5.92 Å². The molecule has 0 spiro atoms. The third-order valence-electron chi connectivity index (χ3n) is 5.69. The number of anilines is 2. The van der Waals surface area contributed by atoms with Crippen LogP contribution in [-0.2, 0) is 9.59 Å². The standard InChI is InChI=1S/C23H23Cl2N3O3/c1-13-4-8-16(26-21(29)14-5-6-14)12-19(13)27-22(30)20-3-2-10-28(20)23(31)15-7-9-17(24)18(25)11-15/h4,7-9,11-12,14,20H,2-3,5-6,10H2,1H3,(H,26,29)(H,27,30). The molecule has 2 aromatic carbocycles. The van der Waals surface area contributed by atoms with E-state index in [0.717, 1.165) is 24.8 Å². The van der Waals surface area contributed by atoms with Gasteiger partial charge >= 0.3 is 0 Å². The number of halogens is 2. The molecular formula is C23H23Cl2N3O3. The molecule has 0 bridgehead atoms. The van der Waals surface area contributed by atoms with E-state index >= 15 is 0 Å². The number of aryl methyl sites for hydroxylation is 1. The predicted octanol–water partition coefficient (Wildman–Crippen LogP) is 4.89. The summed E-state index contributed by atoms with van der Waals surface area (Å²) in [7, 11) is 0. The largest absolute Gasteiger partial charge is 0.327 e. The van der Waals surface area contributed by atoms with E-state index in [-0.39, 0.29) is 23.6 Å². The van der Waals surface area contributed by atoms with Gasteiger partial charge in [0.25, 0.3) is 5.91 Å². The molecule has 1 unspecified atom stereocenters. The van der Waals surface area contributed by atoms with Crippen molar-refractivity contribution in [2.75, 3.05) is 17.2 Å². The van der Waals surface area contributed by atoms with Crippen LogP contribution in [0.1, 0.15) is 41.6 Å². The van der Waals surface area contributed by atoms with Crippen LogP contribution in [0, 0.1) is 12.8 Å². The second-order valence-electron chi connectivity index (χ2n) is 8.07. The van der Waals surface area contributed by atoms with Gasteiger partial charge in [-0.15, -0.1) is 0 Å². The Morgan fingerprint density at radius 1 is 0.935 bits per heavy atom. The van der Waals surface area contributed by atoms with Crippen molar-refractivity contribution in [3.8, 4) is 0 Å². The van der Waals surface area contributed by atoms with Crippen LogP contribution in [-0.4, -0.2) is 35.2 Å². The molecule has 0 aromatic heterocycles. The average Bonchev–Trinajstić information content (AvgIpc) is 3.48. The van der Waals surface area contributed by atoms with E-state index in [9.17, 15) is 14.4 Å². The maximum atomic E-state index is 13.0. The summed E-state index contributed by atoms with van der Waals surface area (Å²) < 4.78 is 0. The van der Waals surface area contributed by atoms with Crippen LogP contribution in [0.25, 0.3) is 0 Å². The van der Waals surface area contributed by atoms with E-state index in [1.165, 1.54) is 6.07 Å². The first-order valence-electron chi connectivity index (χ1n) is 10.3. The van der Waals surface area contributed by atoms with E-state index in [4.69, 9.17) is 23.2 Å². The van der Waals surface area contributed by atoms with Gasteiger partial charge in [-0.25, -0.2) is 0 Å². The maximum absolute atomic E-state index is 13.0. The Hall–Kier alpha value is -2.57. The lowest BCUT2D eigenvalue weighted by Gasteiger charge is -2.24. The molecule has 1 saturated heterocycles. The zero-order valence-corrected chi connectivity index (χ0v) is 18.6. The van der Waals surface area contributed by atoms with Crippen LogP contribution in [0.15, 0.2) is 36.4 Å². The van der Waals surface area contributed by atoms with Gasteiger partial charge in [-0.3, -0.25) is 14.4 Å². The van der Waals surface area contributed by atoms with Crippen LogP contribution in [0.4, 0.5) is 11.4 Å². The number of likely N-dealkylation sites (tertiary alicyclic amines) is 1. The van der Waals surface area contributed by atoms with Crippen LogP contribution in [0.3, 0.4) is 0 Å². The zero-order chi connectivity index (χ0) is 22.1. The molecule has 2 aromatic rings. The van der Waals surface area contributed by atoms with E-state index < -0.39 is 6.04 Å². The topological polar surface area (TPSA) is 78.5 Å². The highest BCUT2D eigenvalue weighted by Gasteiger charge is 2.35. The highest BCUT2D eigenvalue weighted by molar-refractivity contribution is 6.42. The Bertz CT molecular complexity index is 1050. The SMILES string of the molecule is Cc1ccc(NC(=O)C2CC2)cc1NC(=O)C1CCCN1C(=O)c1ccc(Cl)c(Cl)c1. The Balaban J connectivity index is 1.47. The van der Waals surface area contributed by atoms with Gasteiger partial charge in [0.2, 0.25) is 11.8 Å². The lowest BCUT2D eigenvalue weighted by Crippen LogP contribution is -2.43.